The van der Waals surface area contributed by atoms with Crippen LogP contribution in [-0.2, 0) is 0 Å². The van der Waals surface area contributed by atoms with E-state index in [2.05, 4.69) is 71.0 Å². The number of hydrogen-bond acceptors (Lipinski definition) is 2. The Balaban J connectivity index is 2.25. The van der Waals surface area contributed by atoms with Gasteiger partial charge in [0.1, 0.15) is 0 Å². The van der Waals surface area contributed by atoms with Crippen LogP contribution >= 0.6 is 0 Å². The molecule has 0 atom stereocenters. The Bertz CT molecular complexity index is 447. The van der Waals surface area contributed by atoms with E-state index < -0.39 is 0 Å². The fourth-order valence-electron chi connectivity index (χ4n) is 3.10. The van der Waals surface area contributed by atoms with E-state index in [1.807, 2.05) is 7.05 Å². The molecule has 0 N–H and O–H groups in total. The lowest BCUT2D eigenvalue weighted by molar-refractivity contribution is 0.222. The molecular weight excluding hydrogens is 260 g/mol. The average molecular weight is 288 g/mol. The van der Waals surface area contributed by atoms with Crippen LogP contribution in [0.25, 0.3) is 0 Å². The second-order valence-electron chi connectivity index (χ2n) is 5.79. The van der Waals surface area contributed by atoms with Gasteiger partial charge in [-0.25, -0.2) is 0 Å². The van der Waals surface area contributed by atoms with Gasteiger partial charge in [-0.15, -0.1) is 0 Å². The molecule has 0 saturated carbocycles. The summed E-state index contributed by atoms with van der Waals surface area (Å²) in [6.45, 7) is 5.75. The third-order valence-corrected chi connectivity index (χ3v) is 4.22. The summed E-state index contributed by atoms with van der Waals surface area (Å²) in [5, 5.41) is 0. The molecule has 1 aliphatic rings. The molecular formula is C17H28N4. The number of rotatable bonds is 3. The smallest absolute Gasteiger partial charge is 0.200 e. The summed E-state index contributed by atoms with van der Waals surface area (Å²) in [4.78, 5) is 11.6. The maximum absolute atomic E-state index is 4.53. The maximum atomic E-state index is 4.53. The first-order chi connectivity index (χ1) is 10.2. The highest BCUT2D eigenvalue weighted by Gasteiger charge is 2.28. The van der Waals surface area contributed by atoms with Gasteiger partial charge in [0.15, 0.2) is 0 Å². The molecule has 116 valence electrons. The fourth-order valence-corrected chi connectivity index (χ4v) is 3.10. The number of guanidine groups is 1. The normalized spacial score (nSPS) is 17.8. The molecule has 21 heavy (non-hydrogen) atoms. The summed E-state index contributed by atoms with van der Waals surface area (Å²) in [7, 11) is 6.02. The molecule has 0 aromatic heterocycles. The van der Waals surface area contributed by atoms with Crippen LogP contribution < -0.4 is 4.90 Å². The molecule has 1 aromatic rings. The molecule has 0 spiro atoms. The van der Waals surface area contributed by atoms with Crippen molar-refractivity contribution in [3.63, 3.8) is 0 Å². The van der Waals surface area contributed by atoms with Crippen molar-refractivity contribution < 1.29 is 0 Å². The molecule has 1 aromatic carbocycles. The standard InChI is InChI=1S/C17H28N4/c1-5-20-13-11-16(12-14-20)21(17(18-2)19(3)4)15-9-7-6-8-10-15/h6-10,16H,5,11-14H2,1-4H3. The van der Waals surface area contributed by atoms with Crippen LogP contribution in [0, 0.1) is 0 Å². The second kappa shape index (κ2) is 7.46. The predicted molar refractivity (Wildman–Crippen MR) is 91.1 cm³/mol. The van der Waals surface area contributed by atoms with Gasteiger partial charge in [-0.2, -0.15) is 0 Å². The quantitative estimate of drug-likeness (QED) is 0.630. The van der Waals surface area contributed by atoms with Crippen LogP contribution in [0.5, 0.6) is 0 Å². The number of aliphatic imine (C=N–C) groups is 1. The third kappa shape index (κ3) is 3.76. The minimum absolute atomic E-state index is 0.524. The van der Waals surface area contributed by atoms with E-state index in [-0.39, 0.29) is 0 Å². The molecule has 0 unspecified atom stereocenters. The predicted octanol–water partition coefficient (Wildman–Crippen LogP) is 2.52. The summed E-state index contributed by atoms with van der Waals surface area (Å²) >= 11 is 0. The highest BCUT2D eigenvalue weighted by Crippen LogP contribution is 2.24. The maximum Gasteiger partial charge on any atom is 0.200 e. The fraction of sp³-hybridized carbons (Fsp3) is 0.588. The Morgan fingerprint density at radius 2 is 1.81 bits per heavy atom. The number of likely N-dealkylation sites (tertiary alicyclic amines) is 1. The second-order valence-corrected chi connectivity index (χ2v) is 5.79. The van der Waals surface area contributed by atoms with Crippen LogP contribution in [0.1, 0.15) is 19.8 Å². The average Bonchev–Trinajstić information content (AvgIpc) is 2.53. The van der Waals surface area contributed by atoms with Gasteiger partial charge < -0.3 is 14.7 Å². The van der Waals surface area contributed by atoms with E-state index in [9.17, 15) is 0 Å². The lowest BCUT2D eigenvalue weighted by atomic mass is 10.0. The molecule has 0 radical (unpaired) electrons. The van der Waals surface area contributed by atoms with Crippen molar-refractivity contribution in [3.05, 3.63) is 30.3 Å². The first kappa shape index (κ1) is 15.8. The minimum atomic E-state index is 0.524. The molecule has 1 aliphatic heterocycles. The number of benzene rings is 1. The first-order valence-corrected chi connectivity index (χ1v) is 7.88. The number of nitrogens with zero attached hydrogens (tertiary/aromatic N) is 4. The monoisotopic (exact) mass is 288 g/mol. The van der Waals surface area contributed by atoms with Crippen LogP contribution in [0.4, 0.5) is 5.69 Å². The Labute approximate surface area is 129 Å². The van der Waals surface area contributed by atoms with Crippen LogP contribution in [0.2, 0.25) is 0 Å². The van der Waals surface area contributed by atoms with Crippen molar-refractivity contribution in [1.29, 1.82) is 0 Å². The van der Waals surface area contributed by atoms with Gasteiger partial charge in [-0.05, 0) is 31.5 Å². The Hall–Kier alpha value is -1.55. The zero-order valence-corrected chi connectivity index (χ0v) is 13.8. The van der Waals surface area contributed by atoms with Crippen molar-refractivity contribution in [1.82, 2.24) is 9.80 Å². The van der Waals surface area contributed by atoms with Crippen LogP contribution in [-0.4, -0.2) is 62.6 Å². The highest BCUT2D eigenvalue weighted by molar-refractivity contribution is 5.96. The largest absolute Gasteiger partial charge is 0.349 e. The van der Waals surface area contributed by atoms with Gasteiger partial charge >= 0.3 is 0 Å². The SMILES string of the molecule is CCN1CCC(N(C(=NC)N(C)C)c2ccccc2)CC1. The molecule has 1 saturated heterocycles. The number of hydrogen-bond donors (Lipinski definition) is 0. The molecule has 4 heteroatoms. The van der Waals surface area contributed by atoms with Gasteiger partial charge in [0.05, 0.1) is 0 Å². The van der Waals surface area contributed by atoms with Crippen LogP contribution in [0.15, 0.2) is 35.3 Å². The van der Waals surface area contributed by atoms with Crippen molar-refractivity contribution in [3.8, 4) is 0 Å². The molecule has 1 heterocycles. The molecule has 4 nitrogen and oxygen atoms in total. The van der Waals surface area contributed by atoms with E-state index in [1.165, 1.54) is 31.6 Å². The first-order valence-electron chi connectivity index (χ1n) is 7.88. The lowest BCUT2D eigenvalue weighted by Gasteiger charge is -2.41. The Morgan fingerprint density at radius 3 is 2.29 bits per heavy atom. The molecule has 0 bridgehead atoms. The molecule has 2 rings (SSSR count). The number of para-hydroxylation sites is 1. The topological polar surface area (TPSA) is 22.1 Å². The van der Waals surface area contributed by atoms with Crippen molar-refractivity contribution >= 4 is 11.6 Å². The summed E-state index contributed by atoms with van der Waals surface area (Å²) in [5.74, 6) is 1.04. The molecule has 1 fully saturated rings. The van der Waals surface area contributed by atoms with Crippen molar-refractivity contribution in [2.45, 2.75) is 25.8 Å². The summed E-state index contributed by atoms with van der Waals surface area (Å²) in [6, 6.07) is 11.2. The highest BCUT2D eigenvalue weighted by atomic mass is 15.4. The molecule has 0 amide bonds. The summed E-state index contributed by atoms with van der Waals surface area (Å²) in [5.41, 5.74) is 1.24. The van der Waals surface area contributed by atoms with E-state index in [0.29, 0.717) is 6.04 Å². The van der Waals surface area contributed by atoms with E-state index in [1.54, 1.807) is 0 Å². The van der Waals surface area contributed by atoms with Gasteiger partial charge in [0.25, 0.3) is 0 Å². The van der Waals surface area contributed by atoms with E-state index >= 15 is 0 Å². The zero-order chi connectivity index (χ0) is 15.2. The molecule has 0 aliphatic carbocycles. The van der Waals surface area contributed by atoms with Gasteiger partial charge in [0, 0.05) is 46.0 Å². The van der Waals surface area contributed by atoms with Gasteiger partial charge in [-0.3, -0.25) is 4.99 Å². The van der Waals surface area contributed by atoms with E-state index in [0.717, 1.165) is 12.5 Å². The Morgan fingerprint density at radius 1 is 1.19 bits per heavy atom. The van der Waals surface area contributed by atoms with Crippen LogP contribution in [0.3, 0.4) is 0 Å². The van der Waals surface area contributed by atoms with Gasteiger partial charge in [0.2, 0.25) is 5.96 Å². The minimum Gasteiger partial charge on any atom is -0.349 e. The Kier molecular flexibility index (Phi) is 5.62. The zero-order valence-electron chi connectivity index (χ0n) is 13.8. The summed E-state index contributed by atoms with van der Waals surface area (Å²) in [6.07, 6.45) is 2.38. The summed E-state index contributed by atoms with van der Waals surface area (Å²) < 4.78 is 0. The van der Waals surface area contributed by atoms with Crippen molar-refractivity contribution in [2.75, 3.05) is 45.7 Å². The lowest BCUT2D eigenvalue weighted by Crippen LogP contribution is -2.51. The van der Waals surface area contributed by atoms with Gasteiger partial charge in [-0.1, -0.05) is 25.1 Å². The third-order valence-electron chi connectivity index (χ3n) is 4.22. The number of piperidine rings is 1. The van der Waals surface area contributed by atoms with Crippen molar-refractivity contribution in [2.24, 2.45) is 4.99 Å². The van der Waals surface area contributed by atoms with E-state index in [4.69, 9.17) is 0 Å². The number of anilines is 1.